The number of aromatic amines is 1. The molecule has 8 nitrogen and oxygen atoms in total. The Balaban J connectivity index is 1.92. The Bertz CT molecular complexity index is 1710. The summed E-state index contributed by atoms with van der Waals surface area (Å²) in [6.07, 6.45) is -0.102. The number of benzene rings is 2. The number of fused-ring (bicyclic) bond motifs is 2. The lowest BCUT2D eigenvalue weighted by Crippen LogP contribution is -2.33. The maximum absolute atomic E-state index is 15.5. The van der Waals surface area contributed by atoms with Crippen molar-refractivity contribution in [3.63, 3.8) is 0 Å². The second kappa shape index (κ2) is 9.89. The Hall–Kier alpha value is -3.98. The second-order valence-corrected chi connectivity index (χ2v) is 11.4. The zero-order valence-electron chi connectivity index (χ0n) is 23.9. The van der Waals surface area contributed by atoms with Gasteiger partial charge < -0.3 is 19.1 Å². The number of ether oxygens (including phenoxy) is 2. The lowest BCUT2D eigenvalue weighted by atomic mass is 9.87. The summed E-state index contributed by atoms with van der Waals surface area (Å²) in [5, 5.41) is 18.5. The molecule has 2 aromatic heterocycles. The van der Waals surface area contributed by atoms with Gasteiger partial charge in [0.05, 0.1) is 23.6 Å². The van der Waals surface area contributed by atoms with Crippen molar-refractivity contribution < 1.29 is 23.8 Å². The van der Waals surface area contributed by atoms with Crippen molar-refractivity contribution >= 4 is 16.7 Å². The molecule has 1 atom stereocenters. The Labute approximate surface area is 231 Å². The molecule has 0 aliphatic carbocycles. The number of nitrogens with zero attached hydrogens (tertiary/aromatic N) is 2. The van der Waals surface area contributed by atoms with E-state index in [1.165, 1.54) is 17.7 Å². The summed E-state index contributed by atoms with van der Waals surface area (Å²) in [6.45, 7) is 11.4. The van der Waals surface area contributed by atoms with Crippen LogP contribution < -0.4 is 10.3 Å². The zero-order valence-corrected chi connectivity index (χ0v) is 23.9. The quantitative estimate of drug-likeness (QED) is 0.321. The average Bonchev–Trinajstić information content (AvgIpc) is 3.24. The molecule has 2 aromatic carbocycles. The number of aromatic nitrogens is 3. The number of halogens is 1. The third kappa shape index (κ3) is 4.58. The van der Waals surface area contributed by atoms with Gasteiger partial charge in [0, 0.05) is 34.8 Å². The molecule has 0 radical (unpaired) electrons. The summed E-state index contributed by atoms with van der Waals surface area (Å²) in [6, 6.07) is 6.87. The van der Waals surface area contributed by atoms with Crippen LogP contribution in [0, 0.1) is 26.6 Å². The number of nitrogens with one attached hydrogen (secondary N) is 1. The Kier molecular flexibility index (Phi) is 6.82. The van der Waals surface area contributed by atoms with E-state index < -0.39 is 23.5 Å². The molecule has 9 heteroatoms. The van der Waals surface area contributed by atoms with Crippen LogP contribution in [0.25, 0.3) is 33.0 Å². The highest BCUT2D eigenvalue weighted by Crippen LogP contribution is 2.43. The molecule has 210 valence electrons. The van der Waals surface area contributed by atoms with Gasteiger partial charge in [-0.05, 0) is 88.6 Å². The molecule has 1 aliphatic rings. The van der Waals surface area contributed by atoms with Gasteiger partial charge in [-0.1, -0.05) is 12.1 Å². The topological polar surface area (TPSA) is 106 Å². The molecule has 0 bridgehead atoms. The first kappa shape index (κ1) is 27.6. The Morgan fingerprint density at radius 2 is 1.90 bits per heavy atom. The van der Waals surface area contributed by atoms with E-state index in [1.54, 1.807) is 32.9 Å². The van der Waals surface area contributed by atoms with Crippen molar-refractivity contribution in [1.29, 1.82) is 0 Å². The number of aliphatic carboxylic acids is 1. The lowest BCUT2D eigenvalue weighted by molar-refractivity contribution is -0.161. The minimum Gasteiger partial charge on any atom is -0.490 e. The van der Waals surface area contributed by atoms with Crippen LogP contribution in [0.4, 0.5) is 4.39 Å². The van der Waals surface area contributed by atoms with Gasteiger partial charge in [0.25, 0.3) is 5.56 Å². The van der Waals surface area contributed by atoms with Gasteiger partial charge in [0.2, 0.25) is 0 Å². The average molecular weight is 548 g/mol. The number of hydrogen-bond acceptors (Lipinski definition) is 5. The van der Waals surface area contributed by atoms with Gasteiger partial charge in [0.1, 0.15) is 0 Å². The molecule has 2 N–H and O–H groups in total. The molecule has 0 fully saturated rings. The number of H-pyrrole nitrogens is 1. The van der Waals surface area contributed by atoms with Crippen LogP contribution in [0.5, 0.6) is 5.75 Å². The summed E-state index contributed by atoms with van der Waals surface area (Å²) in [5.74, 6) is -1.53. The number of aryl methyl sites for hydroxylation is 2. The molecule has 3 heterocycles. The van der Waals surface area contributed by atoms with Gasteiger partial charge in [-0.25, -0.2) is 9.18 Å². The van der Waals surface area contributed by atoms with Crippen LogP contribution in [0.1, 0.15) is 61.5 Å². The third-order valence-corrected chi connectivity index (χ3v) is 7.51. The minimum atomic E-state index is -1.48. The highest BCUT2D eigenvalue weighted by atomic mass is 19.1. The molecular formula is C31H34FN3O5. The SMILES string of the molecule is Cc1n[nH]c(C)c1-c1ccc2c(-c3cc(F)c4c(c3C)CCCO4)c(C(OC(C)(C)C)C(=O)O)n(C)c(=O)c2c1. The first-order chi connectivity index (χ1) is 18.8. The summed E-state index contributed by atoms with van der Waals surface area (Å²) in [7, 11) is 1.54. The first-order valence-corrected chi connectivity index (χ1v) is 13.3. The molecule has 0 amide bonds. The summed E-state index contributed by atoms with van der Waals surface area (Å²) >= 11 is 0. The number of hydrogen-bond donors (Lipinski definition) is 2. The first-order valence-electron chi connectivity index (χ1n) is 13.3. The van der Waals surface area contributed by atoms with Crippen LogP contribution in [-0.2, 0) is 23.0 Å². The lowest BCUT2D eigenvalue weighted by Gasteiger charge is -2.29. The zero-order chi connectivity index (χ0) is 29.1. The van der Waals surface area contributed by atoms with Crippen LogP contribution >= 0.6 is 0 Å². The fourth-order valence-corrected chi connectivity index (χ4v) is 5.75. The van der Waals surface area contributed by atoms with E-state index in [1.807, 2.05) is 26.8 Å². The van der Waals surface area contributed by atoms with Crippen molar-refractivity contribution in [3.05, 3.63) is 68.6 Å². The molecule has 0 spiro atoms. The number of carbonyl (C=O) groups is 1. The second-order valence-electron chi connectivity index (χ2n) is 11.4. The van der Waals surface area contributed by atoms with E-state index in [-0.39, 0.29) is 17.0 Å². The molecule has 40 heavy (non-hydrogen) atoms. The normalized spacial score (nSPS) is 14.2. The Morgan fingerprint density at radius 3 is 2.52 bits per heavy atom. The maximum Gasteiger partial charge on any atom is 0.339 e. The number of pyridine rings is 1. The van der Waals surface area contributed by atoms with Crippen molar-refractivity contribution in [3.8, 4) is 28.0 Å². The van der Waals surface area contributed by atoms with E-state index in [2.05, 4.69) is 10.2 Å². The standard InChI is InChI=1S/C31H34FN3O5/c1-15-19-9-8-12-39-27(19)23(32)14-21(15)25-20-11-10-18(24-16(2)33-34-17(24)3)13-22(20)29(36)35(7)26(25)28(30(37)38)40-31(4,5)6/h10-11,13-14,28H,8-9,12H2,1-7H3,(H,33,34)(H,37,38). The van der Waals surface area contributed by atoms with Crippen molar-refractivity contribution in [2.75, 3.05) is 6.61 Å². The van der Waals surface area contributed by atoms with E-state index in [0.29, 0.717) is 34.9 Å². The van der Waals surface area contributed by atoms with E-state index in [9.17, 15) is 14.7 Å². The van der Waals surface area contributed by atoms with Gasteiger partial charge in [-0.15, -0.1) is 0 Å². The van der Waals surface area contributed by atoms with Crippen molar-refractivity contribution in [2.24, 2.45) is 7.05 Å². The van der Waals surface area contributed by atoms with E-state index >= 15 is 4.39 Å². The highest BCUT2D eigenvalue weighted by molar-refractivity contribution is 6.01. The molecule has 0 saturated carbocycles. The van der Waals surface area contributed by atoms with Gasteiger partial charge in [-0.2, -0.15) is 5.10 Å². The molecule has 1 unspecified atom stereocenters. The largest absolute Gasteiger partial charge is 0.490 e. The summed E-state index contributed by atoms with van der Waals surface area (Å²) in [5.41, 5.74) is 4.77. The number of carboxylic acids is 1. The third-order valence-electron chi connectivity index (χ3n) is 7.51. The Morgan fingerprint density at radius 1 is 1.18 bits per heavy atom. The fraction of sp³-hybridized carbons (Fsp3) is 0.387. The van der Waals surface area contributed by atoms with Gasteiger partial charge >= 0.3 is 5.97 Å². The predicted octanol–water partition coefficient (Wildman–Crippen LogP) is 5.93. The maximum atomic E-state index is 15.5. The fourth-order valence-electron chi connectivity index (χ4n) is 5.75. The van der Waals surface area contributed by atoms with Crippen LogP contribution in [0.15, 0.2) is 29.1 Å². The van der Waals surface area contributed by atoms with Crippen LogP contribution in [0.2, 0.25) is 0 Å². The molecule has 4 aromatic rings. The minimum absolute atomic E-state index is 0.155. The molecule has 5 rings (SSSR count). The highest BCUT2D eigenvalue weighted by Gasteiger charge is 2.34. The monoisotopic (exact) mass is 547 g/mol. The smallest absolute Gasteiger partial charge is 0.339 e. The van der Waals surface area contributed by atoms with Crippen molar-refractivity contribution in [2.45, 2.75) is 66.1 Å². The van der Waals surface area contributed by atoms with E-state index in [4.69, 9.17) is 9.47 Å². The van der Waals surface area contributed by atoms with Crippen LogP contribution in [0.3, 0.4) is 0 Å². The van der Waals surface area contributed by atoms with Crippen LogP contribution in [-0.4, -0.2) is 38.0 Å². The number of rotatable bonds is 5. The summed E-state index contributed by atoms with van der Waals surface area (Å²) in [4.78, 5) is 26.6. The number of carboxylic acid groups (broad SMARTS) is 1. The predicted molar refractivity (Wildman–Crippen MR) is 151 cm³/mol. The van der Waals surface area contributed by atoms with Gasteiger partial charge in [-0.3, -0.25) is 9.89 Å². The van der Waals surface area contributed by atoms with Gasteiger partial charge in [0.15, 0.2) is 17.7 Å². The van der Waals surface area contributed by atoms with E-state index in [0.717, 1.165) is 40.1 Å². The molecular weight excluding hydrogens is 513 g/mol. The molecule has 0 saturated heterocycles. The summed E-state index contributed by atoms with van der Waals surface area (Å²) < 4.78 is 28.6. The molecule has 1 aliphatic heterocycles. The van der Waals surface area contributed by atoms with Crippen molar-refractivity contribution in [1.82, 2.24) is 14.8 Å².